The molecule has 0 aliphatic carbocycles. The molecule has 0 bridgehead atoms. The number of likely N-dealkylation sites (tertiary alicyclic amines) is 1. The van der Waals surface area contributed by atoms with Crippen molar-refractivity contribution in [2.75, 3.05) is 13.1 Å². The van der Waals surface area contributed by atoms with Gasteiger partial charge in [-0.05, 0) is 20.8 Å². The molecule has 1 amide bonds. The maximum absolute atomic E-state index is 12.5. The van der Waals surface area contributed by atoms with Crippen LogP contribution in [-0.4, -0.2) is 41.9 Å². The normalized spacial score (nSPS) is 26.2. The minimum absolute atomic E-state index is 0.126. The molecule has 1 saturated heterocycles. The Labute approximate surface area is 97.9 Å². The first-order valence-electron chi connectivity index (χ1n) is 5.31. The van der Waals surface area contributed by atoms with E-state index in [4.69, 9.17) is 10.5 Å². The van der Waals surface area contributed by atoms with Crippen LogP contribution in [-0.2, 0) is 4.74 Å². The Bertz CT molecular complexity index is 299. The number of alkyl halides is 3. The van der Waals surface area contributed by atoms with Crippen LogP contribution >= 0.6 is 0 Å². The molecule has 1 heterocycles. The zero-order chi connectivity index (χ0) is 13.4. The first kappa shape index (κ1) is 14.1. The van der Waals surface area contributed by atoms with Gasteiger partial charge in [0.15, 0.2) is 0 Å². The lowest BCUT2D eigenvalue weighted by Gasteiger charge is -2.24. The summed E-state index contributed by atoms with van der Waals surface area (Å²) in [5.74, 6) is -1.67. The second kappa shape index (κ2) is 4.36. The van der Waals surface area contributed by atoms with Crippen LogP contribution < -0.4 is 5.73 Å². The third kappa shape index (κ3) is 3.76. The Morgan fingerprint density at radius 1 is 1.29 bits per heavy atom. The molecule has 2 atom stereocenters. The van der Waals surface area contributed by atoms with Gasteiger partial charge in [-0.3, -0.25) is 0 Å². The molecule has 0 radical (unpaired) electrons. The number of carbonyl (C=O) groups is 1. The molecule has 0 aromatic carbocycles. The molecule has 7 heteroatoms. The first-order valence-corrected chi connectivity index (χ1v) is 5.31. The average molecular weight is 254 g/mol. The van der Waals surface area contributed by atoms with Crippen molar-refractivity contribution >= 4 is 6.09 Å². The maximum atomic E-state index is 12.5. The van der Waals surface area contributed by atoms with E-state index in [-0.39, 0.29) is 6.54 Å². The van der Waals surface area contributed by atoms with Crippen molar-refractivity contribution in [3.8, 4) is 0 Å². The van der Waals surface area contributed by atoms with Crippen LogP contribution in [0.15, 0.2) is 0 Å². The Morgan fingerprint density at radius 2 is 1.82 bits per heavy atom. The fraction of sp³-hybridized carbons (Fsp3) is 0.900. The minimum atomic E-state index is -4.38. The quantitative estimate of drug-likeness (QED) is 0.716. The Hall–Kier alpha value is -0.980. The lowest BCUT2D eigenvalue weighted by molar-refractivity contribution is -0.173. The molecule has 100 valence electrons. The smallest absolute Gasteiger partial charge is 0.410 e. The highest BCUT2D eigenvalue weighted by atomic mass is 19.4. The topological polar surface area (TPSA) is 55.6 Å². The summed E-state index contributed by atoms with van der Waals surface area (Å²) in [6.07, 6.45) is -5.13. The summed E-state index contributed by atoms with van der Waals surface area (Å²) in [4.78, 5) is 12.6. The molecule has 1 aliphatic heterocycles. The second-order valence-electron chi connectivity index (χ2n) is 5.20. The number of amides is 1. The van der Waals surface area contributed by atoms with Crippen molar-refractivity contribution in [2.45, 2.75) is 38.6 Å². The summed E-state index contributed by atoms with van der Waals surface area (Å²) in [6, 6.07) is -1.08. The van der Waals surface area contributed by atoms with E-state index in [1.54, 1.807) is 20.8 Å². The standard InChI is InChI=1S/C10H17F3N2O2/c1-9(2,3)17-8(16)15-4-6(7(14)5-15)10(11,12)13/h6-7H,4-5,14H2,1-3H3/t6-,7-/m1/s1. The van der Waals surface area contributed by atoms with Crippen LogP contribution in [0.3, 0.4) is 0 Å². The lowest BCUT2D eigenvalue weighted by Crippen LogP contribution is -2.38. The van der Waals surface area contributed by atoms with Crippen LogP contribution in [0.25, 0.3) is 0 Å². The van der Waals surface area contributed by atoms with Crippen LogP contribution in [0.2, 0.25) is 0 Å². The first-order chi connectivity index (χ1) is 7.50. The Balaban J connectivity index is 2.63. The largest absolute Gasteiger partial charge is 0.444 e. The van der Waals surface area contributed by atoms with Gasteiger partial charge < -0.3 is 15.4 Å². The number of nitrogens with two attached hydrogens (primary N) is 1. The van der Waals surface area contributed by atoms with E-state index in [1.807, 2.05) is 0 Å². The molecular formula is C10H17F3N2O2. The van der Waals surface area contributed by atoms with Crippen molar-refractivity contribution in [3.05, 3.63) is 0 Å². The van der Waals surface area contributed by atoms with E-state index in [1.165, 1.54) is 0 Å². The van der Waals surface area contributed by atoms with Crippen molar-refractivity contribution in [3.63, 3.8) is 0 Å². The highest BCUT2D eigenvalue weighted by Gasteiger charge is 2.50. The maximum Gasteiger partial charge on any atom is 0.410 e. The van der Waals surface area contributed by atoms with E-state index in [2.05, 4.69) is 0 Å². The highest BCUT2D eigenvalue weighted by molar-refractivity contribution is 5.68. The summed E-state index contributed by atoms with van der Waals surface area (Å²) in [5, 5.41) is 0. The minimum Gasteiger partial charge on any atom is -0.444 e. The monoisotopic (exact) mass is 254 g/mol. The van der Waals surface area contributed by atoms with E-state index in [9.17, 15) is 18.0 Å². The number of ether oxygens (including phenoxy) is 1. The molecule has 4 nitrogen and oxygen atoms in total. The van der Waals surface area contributed by atoms with Gasteiger partial charge in [0.25, 0.3) is 0 Å². The molecule has 2 N–H and O–H groups in total. The van der Waals surface area contributed by atoms with Crippen molar-refractivity contribution in [2.24, 2.45) is 11.7 Å². The number of carbonyl (C=O) groups excluding carboxylic acids is 1. The molecule has 1 rings (SSSR count). The van der Waals surface area contributed by atoms with Gasteiger partial charge in [-0.2, -0.15) is 13.2 Å². The number of rotatable bonds is 0. The second-order valence-corrected chi connectivity index (χ2v) is 5.20. The number of hydrogen-bond acceptors (Lipinski definition) is 3. The predicted octanol–water partition coefficient (Wildman–Crippen LogP) is 1.74. The molecule has 0 aromatic heterocycles. The number of halogens is 3. The van der Waals surface area contributed by atoms with E-state index in [0.29, 0.717) is 0 Å². The van der Waals surface area contributed by atoms with Gasteiger partial charge >= 0.3 is 12.3 Å². The predicted molar refractivity (Wildman–Crippen MR) is 55.3 cm³/mol. The summed E-state index contributed by atoms with van der Waals surface area (Å²) < 4.78 is 42.6. The van der Waals surface area contributed by atoms with Gasteiger partial charge in [-0.1, -0.05) is 0 Å². The van der Waals surface area contributed by atoms with Gasteiger partial charge in [0, 0.05) is 19.1 Å². The van der Waals surface area contributed by atoms with Crippen molar-refractivity contribution in [1.29, 1.82) is 0 Å². The van der Waals surface area contributed by atoms with Gasteiger partial charge in [0.05, 0.1) is 5.92 Å². The van der Waals surface area contributed by atoms with E-state index in [0.717, 1.165) is 4.90 Å². The van der Waals surface area contributed by atoms with Gasteiger partial charge in [0.2, 0.25) is 0 Å². The SMILES string of the molecule is CC(C)(C)OC(=O)N1C[C@@H](N)[C@H](C(F)(F)F)C1. The van der Waals surface area contributed by atoms with E-state index < -0.39 is 36.4 Å². The molecule has 0 aromatic rings. The average Bonchev–Trinajstić information content (AvgIpc) is 2.42. The lowest BCUT2D eigenvalue weighted by atomic mass is 10.1. The summed E-state index contributed by atoms with van der Waals surface area (Å²) in [5.41, 5.74) is 4.66. The third-order valence-corrected chi connectivity index (χ3v) is 2.44. The zero-order valence-electron chi connectivity index (χ0n) is 10.0. The van der Waals surface area contributed by atoms with Crippen LogP contribution in [0.1, 0.15) is 20.8 Å². The van der Waals surface area contributed by atoms with Crippen LogP contribution in [0, 0.1) is 5.92 Å². The van der Waals surface area contributed by atoms with Gasteiger partial charge in [-0.25, -0.2) is 4.79 Å². The summed E-state index contributed by atoms with van der Waals surface area (Å²) >= 11 is 0. The zero-order valence-corrected chi connectivity index (χ0v) is 10.0. The Kier molecular flexibility index (Phi) is 3.61. The number of nitrogens with zero attached hydrogens (tertiary/aromatic N) is 1. The fourth-order valence-electron chi connectivity index (χ4n) is 1.65. The van der Waals surface area contributed by atoms with E-state index >= 15 is 0 Å². The Morgan fingerprint density at radius 3 is 2.18 bits per heavy atom. The van der Waals surface area contributed by atoms with Crippen molar-refractivity contribution < 1.29 is 22.7 Å². The molecule has 17 heavy (non-hydrogen) atoms. The van der Waals surface area contributed by atoms with Gasteiger partial charge in [-0.15, -0.1) is 0 Å². The molecular weight excluding hydrogens is 237 g/mol. The molecule has 0 saturated carbocycles. The van der Waals surface area contributed by atoms with Gasteiger partial charge in [0.1, 0.15) is 5.60 Å². The highest BCUT2D eigenvalue weighted by Crippen LogP contribution is 2.33. The fourth-order valence-corrected chi connectivity index (χ4v) is 1.65. The molecule has 1 aliphatic rings. The molecule has 0 unspecified atom stereocenters. The third-order valence-electron chi connectivity index (χ3n) is 2.44. The summed E-state index contributed by atoms with van der Waals surface area (Å²) in [6.45, 7) is 4.41. The number of hydrogen-bond donors (Lipinski definition) is 1. The van der Waals surface area contributed by atoms with Crippen molar-refractivity contribution in [1.82, 2.24) is 4.90 Å². The summed E-state index contributed by atoms with van der Waals surface area (Å²) in [7, 11) is 0. The molecule has 1 fully saturated rings. The molecule has 0 spiro atoms. The van der Waals surface area contributed by atoms with Crippen LogP contribution in [0.4, 0.5) is 18.0 Å². The van der Waals surface area contributed by atoms with Crippen LogP contribution in [0.5, 0.6) is 0 Å².